The summed E-state index contributed by atoms with van der Waals surface area (Å²) in [4.78, 5) is 32.1. The summed E-state index contributed by atoms with van der Waals surface area (Å²) < 4.78 is 1.42. The molecule has 152 valence electrons. The third kappa shape index (κ3) is 3.99. The fourth-order valence-electron chi connectivity index (χ4n) is 3.89. The van der Waals surface area contributed by atoms with Crippen molar-refractivity contribution in [2.75, 3.05) is 5.32 Å². The maximum Gasteiger partial charge on any atom is 0.262 e. The number of aromatic nitrogens is 2. The quantitative estimate of drug-likeness (QED) is 0.692. The van der Waals surface area contributed by atoms with Gasteiger partial charge in [-0.1, -0.05) is 39.8 Å². The minimum absolute atomic E-state index is 0.0379. The van der Waals surface area contributed by atoms with E-state index < -0.39 is 0 Å². The first kappa shape index (κ1) is 19.8. The van der Waals surface area contributed by atoms with E-state index >= 15 is 0 Å². The van der Waals surface area contributed by atoms with Gasteiger partial charge in [0.2, 0.25) is 5.91 Å². The lowest BCUT2D eigenvalue weighted by atomic mass is 9.87. The minimum Gasteiger partial charge on any atom is -0.325 e. The fraction of sp³-hybridized carbons (Fsp3) is 0.435. The summed E-state index contributed by atoms with van der Waals surface area (Å²) in [6.45, 7) is 8.67. The Labute approximate surface area is 174 Å². The van der Waals surface area contributed by atoms with Gasteiger partial charge in [0.15, 0.2) is 0 Å². The van der Waals surface area contributed by atoms with Gasteiger partial charge < -0.3 is 5.32 Å². The second-order valence-corrected chi connectivity index (χ2v) is 10.2. The van der Waals surface area contributed by atoms with Gasteiger partial charge in [0.25, 0.3) is 5.56 Å². The summed E-state index contributed by atoms with van der Waals surface area (Å²) in [5.74, 6) is 0.419. The Morgan fingerprint density at radius 2 is 2.00 bits per heavy atom. The standard InChI is InChI=1S/C23H27N3O2S/c1-14-5-10-17-18(11-14)29-21-20(17)22(28)26(13-24-21)12-19(27)25-16-8-6-15(7-9-16)23(2,3)4/h6-9,13-14H,5,10-12H2,1-4H3,(H,25,27). The summed E-state index contributed by atoms with van der Waals surface area (Å²) in [7, 11) is 0. The topological polar surface area (TPSA) is 64.0 Å². The first-order chi connectivity index (χ1) is 13.7. The predicted molar refractivity (Wildman–Crippen MR) is 119 cm³/mol. The van der Waals surface area contributed by atoms with Crippen molar-refractivity contribution in [3.8, 4) is 0 Å². The molecule has 0 bridgehead atoms. The second kappa shape index (κ2) is 7.41. The number of hydrogen-bond acceptors (Lipinski definition) is 4. The van der Waals surface area contributed by atoms with Gasteiger partial charge in [-0.25, -0.2) is 4.98 Å². The molecule has 0 radical (unpaired) electrons. The van der Waals surface area contributed by atoms with Crippen molar-refractivity contribution in [1.29, 1.82) is 0 Å². The van der Waals surface area contributed by atoms with Crippen LogP contribution >= 0.6 is 11.3 Å². The summed E-state index contributed by atoms with van der Waals surface area (Å²) >= 11 is 1.63. The Balaban J connectivity index is 1.54. The summed E-state index contributed by atoms with van der Waals surface area (Å²) in [6.07, 6.45) is 4.53. The zero-order valence-electron chi connectivity index (χ0n) is 17.4. The Morgan fingerprint density at radius 1 is 1.28 bits per heavy atom. The van der Waals surface area contributed by atoms with Crippen LogP contribution in [0, 0.1) is 5.92 Å². The van der Waals surface area contributed by atoms with Crippen LogP contribution in [0.2, 0.25) is 0 Å². The largest absolute Gasteiger partial charge is 0.325 e. The average Bonchev–Trinajstić information content (AvgIpc) is 3.02. The number of thiophene rings is 1. The van der Waals surface area contributed by atoms with Crippen molar-refractivity contribution >= 4 is 33.1 Å². The molecule has 0 fully saturated rings. The Bertz CT molecular complexity index is 1120. The molecule has 0 saturated heterocycles. The fourth-order valence-corrected chi connectivity index (χ4v) is 5.23. The first-order valence-corrected chi connectivity index (χ1v) is 10.9. The summed E-state index contributed by atoms with van der Waals surface area (Å²) in [5.41, 5.74) is 3.03. The second-order valence-electron chi connectivity index (χ2n) is 9.09. The van der Waals surface area contributed by atoms with Gasteiger partial charge in [-0.3, -0.25) is 14.2 Å². The van der Waals surface area contributed by atoms with Crippen LogP contribution in [0.4, 0.5) is 5.69 Å². The normalized spacial score (nSPS) is 16.6. The smallest absolute Gasteiger partial charge is 0.262 e. The Morgan fingerprint density at radius 3 is 2.69 bits per heavy atom. The van der Waals surface area contributed by atoms with E-state index in [0.29, 0.717) is 11.3 Å². The maximum atomic E-state index is 13.0. The Hall–Kier alpha value is -2.47. The van der Waals surface area contributed by atoms with Gasteiger partial charge in [0.05, 0.1) is 11.7 Å². The molecule has 1 atom stereocenters. The van der Waals surface area contributed by atoms with Crippen LogP contribution in [-0.2, 0) is 29.6 Å². The highest BCUT2D eigenvalue weighted by Gasteiger charge is 2.23. The maximum absolute atomic E-state index is 13.0. The van der Waals surface area contributed by atoms with Crippen molar-refractivity contribution < 1.29 is 4.79 Å². The molecular formula is C23H27N3O2S. The van der Waals surface area contributed by atoms with Crippen LogP contribution in [0.3, 0.4) is 0 Å². The van der Waals surface area contributed by atoms with E-state index in [0.717, 1.165) is 35.3 Å². The molecule has 2 aromatic heterocycles. The molecule has 1 unspecified atom stereocenters. The van der Waals surface area contributed by atoms with Crippen molar-refractivity contribution in [2.24, 2.45) is 5.92 Å². The van der Waals surface area contributed by atoms with Crippen LogP contribution < -0.4 is 10.9 Å². The molecular weight excluding hydrogens is 382 g/mol. The van der Waals surface area contributed by atoms with Crippen LogP contribution in [0.5, 0.6) is 0 Å². The molecule has 0 spiro atoms. The lowest BCUT2D eigenvalue weighted by Crippen LogP contribution is -2.28. The number of rotatable bonds is 3. The summed E-state index contributed by atoms with van der Waals surface area (Å²) in [5, 5.41) is 3.59. The number of anilines is 1. The van der Waals surface area contributed by atoms with E-state index in [1.165, 1.54) is 21.3 Å². The van der Waals surface area contributed by atoms with Gasteiger partial charge in [0, 0.05) is 10.6 Å². The molecule has 6 heteroatoms. The lowest BCUT2D eigenvalue weighted by molar-refractivity contribution is -0.116. The lowest BCUT2D eigenvalue weighted by Gasteiger charge is -2.19. The molecule has 3 aromatic rings. The van der Waals surface area contributed by atoms with Crippen molar-refractivity contribution in [3.05, 3.63) is 57.0 Å². The number of fused-ring (bicyclic) bond motifs is 3. The SMILES string of the molecule is CC1CCc2c(sc3ncn(CC(=O)Nc4ccc(C(C)(C)C)cc4)c(=O)c23)C1. The van der Waals surface area contributed by atoms with E-state index in [4.69, 9.17) is 0 Å². The number of carbonyl (C=O) groups is 1. The van der Waals surface area contributed by atoms with Gasteiger partial charge in [0.1, 0.15) is 11.4 Å². The number of nitrogens with zero attached hydrogens (tertiary/aromatic N) is 2. The third-order valence-corrected chi connectivity index (χ3v) is 6.79. The number of nitrogens with one attached hydrogen (secondary N) is 1. The number of amides is 1. The van der Waals surface area contributed by atoms with E-state index in [-0.39, 0.29) is 23.4 Å². The molecule has 1 aliphatic carbocycles. The van der Waals surface area contributed by atoms with Crippen molar-refractivity contribution in [3.63, 3.8) is 0 Å². The number of benzene rings is 1. The van der Waals surface area contributed by atoms with Crippen molar-refractivity contribution in [2.45, 2.75) is 58.9 Å². The van der Waals surface area contributed by atoms with E-state index in [2.05, 4.69) is 38.0 Å². The zero-order valence-corrected chi connectivity index (χ0v) is 18.2. The van der Waals surface area contributed by atoms with Gasteiger partial charge in [-0.2, -0.15) is 0 Å². The molecule has 0 saturated carbocycles. The highest BCUT2D eigenvalue weighted by molar-refractivity contribution is 7.18. The van der Waals surface area contributed by atoms with Gasteiger partial charge >= 0.3 is 0 Å². The number of aryl methyl sites for hydroxylation is 1. The number of carbonyl (C=O) groups excluding carboxylic acids is 1. The highest BCUT2D eigenvalue weighted by atomic mass is 32.1. The predicted octanol–water partition coefficient (Wildman–Crippen LogP) is 4.52. The van der Waals surface area contributed by atoms with Gasteiger partial charge in [-0.15, -0.1) is 11.3 Å². The molecule has 1 amide bonds. The molecule has 2 heterocycles. The number of hydrogen-bond donors (Lipinski definition) is 1. The minimum atomic E-state index is -0.227. The first-order valence-electron chi connectivity index (χ1n) is 10.1. The van der Waals surface area contributed by atoms with Crippen molar-refractivity contribution in [1.82, 2.24) is 9.55 Å². The zero-order chi connectivity index (χ0) is 20.8. The van der Waals surface area contributed by atoms with Crippen LogP contribution in [0.25, 0.3) is 10.2 Å². The molecule has 0 aliphatic heterocycles. The average molecular weight is 410 g/mol. The van der Waals surface area contributed by atoms with E-state index in [9.17, 15) is 9.59 Å². The summed E-state index contributed by atoms with van der Waals surface area (Å²) in [6, 6.07) is 7.85. The van der Waals surface area contributed by atoms with Crippen LogP contribution in [-0.4, -0.2) is 15.5 Å². The Kier molecular flexibility index (Phi) is 5.07. The van der Waals surface area contributed by atoms with E-state index in [1.54, 1.807) is 11.3 Å². The third-order valence-electron chi connectivity index (χ3n) is 5.63. The molecule has 29 heavy (non-hydrogen) atoms. The van der Waals surface area contributed by atoms with Crippen LogP contribution in [0.1, 0.15) is 50.1 Å². The molecule has 1 aliphatic rings. The monoisotopic (exact) mass is 409 g/mol. The van der Waals surface area contributed by atoms with E-state index in [1.807, 2.05) is 24.3 Å². The molecule has 5 nitrogen and oxygen atoms in total. The molecule has 1 N–H and O–H groups in total. The molecule has 4 rings (SSSR count). The highest BCUT2D eigenvalue weighted by Crippen LogP contribution is 2.35. The van der Waals surface area contributed by atoms with Crippen LogP contribution in [0.15, 0.2) is 35.4 Å². The molecule has 1 aromatic carbocycles. The van der Waals surface area contributed by atoms with Gasteiger partial charge in [-0.05, 0) is 53.9 Å².